The summed E-state index contributed by atoms with van der Waals surface area (Å²) in [7, 11) is 0. The van der Waals surface area contributed by atoms with Crippen LogP contribution in [0, 0.1) is 5.39 Å². The first kappa shape index (κ1) is 7.14. The van der Waals surface area contributed by atoms with Gasteiger partial charge in [0.1, 0.15) is 4.98 Å². The lowest BCUT2D eigenvalue weighted by Crippen LogP contribution is -2.57. The fourth-order valence-corrected chi connectivity index (χ4v) is 0.616. The highest BCUT2D eigenvalue weighted by Crippen LogP contribution is 1.95. The second kappa shape index (κ2) is 2.34. The number of diazo groups is 1. The molecule has 1 aliphatic heterocycles. The Morgan fingerprint density at radius 1 is 1.18 bits per heavy atom. The van der Waals surface area contributed by atoms with Crippen LogP contribution in [0.5, 0.6) is 0 Å². The van der Waals surface area contributed by atoms with Gasteiger partial charge in [0.25, 0.3) is 0 Å². The van der Waals surface area contributed by atoms with Gasteiger partial charge in [-0.05, 0) is 0 Å². The Morgan fingerprint density at radius 2 is 1.64 bits per heavy atom. The molecule has 1 fully saturated rings. The molecule has 1 saturated heterocycles. The molecule has 0 spiro atoms. The predicted molar refractivity (Wildman–Crippen MR) is 30.6 cm³/mol. The molecule has 1 aliphatic rings. The lowest BCUT2D eigenvalue weighted by atomic mass is 10.2. The molecule has 1 rings (SSSR count). The SMILES string of the molecule is N#[N+]C1C(=O)NC(=O)NC1=O. The van der Waals surface area contributed by atoms with Crippen molar-refractivity contribution in [1.82, 2.24) is 10.6 Å². The molecule has 2 N–H and O–H groups in total. The van der Waals surface area contributed by atoms with Crippen molar-refractivity contribution in [2.75, 3.05) is 0 Å². The fourth-order valence-electron chi connectivity index (χ4n) is 0.616. The van der Waals surface area contributed by atoms with Crippen LogP contribution in [-0.4, -0.2) is 23.9 Å². The molecule has 0 radical (unpaired) electrons. The molecule has 1 heterocycles. The van der Waals surface area contributed by atoms with E-state index in [1.807, 2.05) is 0 Å². The number of urea groups is 1. The van der Waals surface area contributed by atoms with E-state index in [4.69, 9.17) is 5.39 Å². The monoisotopic (exact) mass is 155 g/mol. The number of carbonyl (C=O) groups excluding carboxylic acids is 3. The standard InChI is InChI=1S/C4H2N4O3/c5-8-1-2(9)6-4(11)7-3(1)10/h1H,(H-,6,7,9,10,11)/p+1. The van der Waals surface area contributed by atoms with E-state index in [2.05, 4.69) is 4.98 Å². The fraction of sp³-hybridized carbons (Fsp3) is 0.250. The van der Waals surface area contributed by atoms with Crippen molar-refractivity contribution in [3.63, 3.8) is 0 Å². The van der Waals surface area contributed by atoms with Gasteiger partial charge in [-0.3, -0.25) is 20.2 Å². The summed E-state index contributed by atoms with van der Waals surface area (Å²) in [5.74, 6) is -1.86. The first-order chi connectivity index (χ1) is 5.15. The number of amides is 4. The zero-order valence-electron chi connectivity index (χ0n) is 5.20. The van der Waals surface area contributed by atoms with Gasteiger partial charge >= 0.3 is 23.9 Å². The summed E-state index contributed by atoms with van der Waals surface area (Å²) >= 11 is 0. The highest BCUT2D eigenvalue weighted by Gasteiger charge is 2.44. The van der Waals surface area contributed by atoms with E-state index < -0.39 is 23.9 Å². The number of nitrogens with one attached hydrogen (secondary N) is 2. The van der Waals surface area contributed by atoms with Crippen LogP contribution in [0.1, 0.15) is 0 Å². The third kappa shape index (κ3) is 1.14. The highest BCUT2D eigenvalue weighted by atomic mass is 16.2. The summed E-state index contributed by atoms with van der Waals surface area (Å²) in [6.45, 7) is 0. The highest BCUT2D eigenvalue weighted by molar-refractivity contribution is 6.19. The largest absolute Gasteiger partial charge is 0.466 e. The molecule has 56 valence electrons. The second-order valence-corrected chi connectivity index (χ2v) is 1.83. The van der Waals surface area contributed by atoms with Gasteiger partial charge in [-0.1, -0.05) is 0 Å². The van der Waals surface area contributed by atoms with Crippen molar-refractivity contribution in [2.45, 2.75) is 6.04 Å². The molecule has 0 atom stereocenters. The van der Waals surface area contributed by atoms with E-state index in [-0.39, 0.29) is 0 Å². The Kier molecular flexibility index (Phi) is 1.52. The zero-order chi connectivity index (χ0) is 8.43. The van der Waals surface area contributed by atoms with Gasteiger partial charge in [0.05, 0.1) is 0 Å². The molecule has 0 unspecified atom stereocenters. The summed E-state index contributed by atoms with van der Waals surface area (Å²) < 4.78 is 0. The third-order valence-electron chi connectivity index (χ3n) is 1.09. The van der Waals surface area contributed by atoms with E-state index in [0.717, 1.165) is 0 Å². The van der Waals surface area contributed by atoms with Gasteiger partial charge in [-0.15, -0.1) is 0 Å². The molecule has 7 heteroatoms. The minimum Gasteiger partial charge on any atom is -0.270 e. The summed E-state index contributed by atoms with van der Waals surface area (Å²) in [6.07, 6.45) is 0. The topological polar surface area (TPSA) is 103 Å². The molecular formula is C4H3N4O3+. The second-order valence-electron chi connectivity index (χ2n) is 1.83. The first-order valence-electron chi connectivity index (χ1n) is 2.65. The Balaban J connectivity index is 2.85. The Morgan fingerprint density at radius 3 is 2.00 bits per heavy atom. The molecule has 4 amide bonds. The molecular weight excluding hydrogens is 152 g/mol. The number of hydrogen-bond donors (Lipinski definition) is 2. The average molecular weight is 155 g/mol. The molecule has 7 nitrogen and oxygen atoms in total. The minimum absolute atomic E-state index is 0.903. The summed E-state index contributed by atoms with van der Waals surface area (Å²) in [5, 5.41) is 11.6. The van der Waals surface area contributed by atoms with E-state index >= 15 is 0 Å². The summed E-state index contributed by atoms with van der Waals surface area (Å²) in [4.78, 5) is 34.0. The van der Waals surface area contributed by atoms with E-state index in [0.29, 0.717) is 0 Å². The van der Waals surface area contributed by atoms with Crippen LogP contribution in [0.2, 0.25) is 0 Å². The van der Waals surface area contributed by atoms with Crippen molar-refractivity contribution in [3.8, 4) is 0 Å². The molecule has 11 heavy (non-hydrogen) atoms. The number of nitrogens with zero attached hydrogens (tertiary/aromatic N) is 2. The number of rotatable bonds is 0. The predicted octanol–water partition coefficient (Wildman–Crippen LogP) is -1.43. The van der Waals surface area contributed by atoms with Gasteiger partial charge in [0.15, 0.2) is 0 Å². The van der Waals surface area contributed by atoms with Crippen LogP contribution in [0.4, 0.5) is 4.79 Å². The van der Waals surface area contributed by atoms with Crippen molar-refractivity contribution in [1.29, 1.82) is 5.39 Å². The van der Waals surface area contributed by atoms with Crippen molar-refractivity contribution < 1.29 is 14.4 Å². The van der Waals surface area contributed by atoms with Crippen molar-refractivity contribution >= 4 is 17.8 Å². The molecule has 0 aliphatic carbocycles. The molecule has 0 aromatic rings. The van der Waals surface area contributed by atoms with Crippen LogP contribution >= 0.6 is 0 Å². The maximum Gasteiger partial charge on any atom is 0.466 e. The van der Waals surface area contributed by atoms with E-state index in [1.54, 1.807) is 10.6 Å². The Bertz CT molecular complexity index is 258. The quantitative estimate of drug-likeness (QED) is 0.330. The van der Waals surface area contributed by atoms with Gasteiger partial charge in [0.2, 0.25) is 5.39 Å². The minimum atomic E-state index is -1.53. The van der Waals surface area contributed by atoms with E-state index in [9.17, 15) is 14.4 Å². The normalized spacial score (nSPS) is 18.6. The zero-order valence-corrected chi connectivity index (χ0v) is 5.20. The van der Waals surface area contributed by atoms with E-state index in [1.165, 1.54) is 0 Å². The average Bonchev–Trinajstić information content (AvgIpc) is 1.85. The number of imide groups is 2. The summed E-state index contributed by atoms with van der Waals surface area (Å²) in [5.41, 5.74) is 0. The maximum atomic E-state index is 10.6. The van der Waals surface area contributed by atoms with Gasteiger partial charge in [-0.2, -0.15) is 0 Å². The summed E-state index contributed by atoms with van der Waals surface area (Å²) in [6, 6.07) is -2.44. The van der Waals surface area contributed by atoms with Gasteiger partial charge in [0, 0.05) is 0 Å². The lowest BCUT2D eigenvalue weighted by molar-refractivity contribution is -0.130. The lowest BCUT2D eigenvalue weighted by Gasteiger charge is -2.07. The number of barbiturate groups is 1. The number of hydrogen-bond acceptors (Lipinski definition) is 4. The third-order valence-corrected chi connectivity index (χ3v) is 1.09. The van der Waals surface area contributed by atoms with Crippen LogP contribution in [0.25, 0.3) is 4.98 Å². The van der Waals surface area contributed by atoms with Gasteiger partial charge < -0.3 is 0 Å². The Labute approximate surface area is 60.4 Å². The molecule has 0 aromatic carbocycles. The number of carbonyl (C=O) groups is 3. The van der Waals surface area contributed by atoms with Crippen molar-refractivity contribution in [3.05, 3.63) is 4.98 Å². The molecule has 0 saturated carbocycles. The van der Waals surface area contributed by atoms with Crippen LogP contribution < -0.4 is 10.6 Å². The smallest absolute Gasteiger partial charge is 0.270 e. The molecule has 0 bridgehead atoms. The van der Waals surface area contributed by atoms with Crippen LogP contribution in [0.15, 0.2) is 0 Å². The maximum absolute atomic E-state index is 10.6. The molecule has 0 aromatic heterocycles. The van der Waals surface area contributed by atoms with Crippen LogP contribution in [-0.2, 0) is 9.59 Å². The van der Waals surface area contributed by atoms with Crippen molar-refractivity contribution in [2.24, 2.45) is 0 Å². The van der Waals surface area contributed by atoms with Crippen LogP contribution in [0.3, 0.4) is 0 Å². The first-order valence-corrected chi connectivity index (χ1v) is 2.65. The Hall–Kier alpha value is -1.97. The van der Waals surface area contributed by atoms with Gasteiger partial charge in [-0.25, -0.2) is 4.79 Å².